The summed E-state index contributed by atoms with van der Waals surface area (Å²) in [7, 11) is 0. The van der Waals surface area contributed by atoms with Crippen molar-refractivity contribution in [2.24, 2.45) is 34.5 Å². The summed E-state index contributed by atoms with van der Waals surface area (Å²) >= 11 is 0. The van der Waals surface area contributed by atoms with Gasteiger partial charge in [0.15, 0.2) is 0 Å². The zero-order valence-electron chi connectivity index (χ0n) is 15.6. The Morgan fingerprint density at radius 1 is 0.958 bits per heavy atom. The monoisotopic (exact) mass is 334 g/mol. The second-order valence-electron chi connectivity index (χ2n) is 9.81. The van der Waals surface area contributed by atoms with E-state index in [2.05, 4.69) is 13.8 Å². The average Bonchev–Trinajstić information content (AvgIpc) is 2.84. The van der Waals surface area contributed by atoms with Gasteiger partial charge in [-0.2, -0.15) is 0 Å². The van der Waals surface area contributed by atoms with Crippen LogP contribution in [0.5, 0.6) is 0 Å². The quantitative estimate of drug-likeness (QED) is 0.726. The number of carbonyl (C=O) groups excluding carboxylic acids is 1. The second kappa shape index (κ2) is 5.72. The van der Waals surface area contributed by atoms with Gasteiger partial charge in [0.25, 0.3) is 0 Å². The van der Waals surface area contributed by atoms with E-state index in [9.17, 15) is 9.90 Å². The average molecular weight is 335 g/mol. The summed E-state index contributed by atoms with van der Waals surface area (Å²) in [5.41, 5.74) is 0.632. The molecule has 0 aromatic heterocycles. The van der Waals surface area contributed by atoms with Crippen LogP contribution in [0.15, 0.2) is 0 Å². The number of fused-ring (bicyclic) bond motifs is 5. The van der Waals surface area contributed by atoms with Crippen molar-refractivity contribution in [1.29, 1.82) is 0 Å². The highest BCUT2D eigenvalue weighted by Gasteiger charge is 2.60. The third-order valence-corrected chi connectivity index (χ3v) is 8.86. The van der Waals surface area contributed by atoms with Crippen LogP contribution >= 0.6 is 0 Å². The first-order valence-corrected chi connectivity index (χ1v) is 10.2. The number of hydrogen-bond donors (Lipinski definition) is 1. The van der Waals surface area contributed by atoms with Gasteiger partial charge >= 0.3 is 5.97 Å². The molecule has 0 radical (unpaired) electrons. The number of esters is 1. The normalized spacial score (nSPS) is 53.7. The third-order valence-electron chi connectivity index (χ3n) is 8.86. The Kier molecular flexibility index (Phi) is 4.02. The van der Waals surface area contributed by atoms with Gasteiger partial charge in [0.1, 0.15) is 6.10 Å². The zero-order chi connectivity index (χ0) is 17.1. The summed E-state index contributed by atoms with van der Waals surface area (Å²) in [5, 5.41) is 10.1. The molecule has 4 fully saturated rings. The molecule has 8 unspecified atom stereocenters. The number of aliphatic hydroxyl groups excluding tert-OH is 1. The molecule has 8 atom stereocenters. The molecule has 4 saturated carbocycles. The molecule has 1 N–H and O–H groups in total. The first-order valence-electron chi connectivity index (χ1n) is 10.2. The number of carbonyl (C=O) groups is 1. The van der Waals surface area contributed by atoms with Gasteiger partial charge in [-0.1, -0.05) is 13.8 Å². The van der Waals surface area contributed by atoms with Crippen LogP contribution < -0.4 is 0 Å². The third kappa shape index (κ3) is 2.37. The summed E-state index contributed by atoms with van der Waals surface area (Å²) in [6, 6.07) is 0. The topological polar surface area (TPSA) is 46.5 Å². The van der Waals surface area contributed by atoms with E-state index < -0.39 is 0 Å². The largest absolute Gasteiger partial charge is 0.462 e. The molecule has 4 rings (SSSR count). The van der Waals surface area contributed by atoms with Crippen molar-refractivity contribution in [3.05, 3.63) is 0 Å². The standard InChI is InChI=1S/C21H34O3/c1-13(22)24-19-7-6-17-16-5-4-14-12-15(23)8-10-20(14,2)18(16)9-11-21(17,19)3/h14-19,23H,4-12H2,1-3H3. The first kappa shape index (κ1) is 16.9. The molecule has 3 nitrogen and oxygen atoms in total. The molecule has 0 aromatic carbocycles. The molecular weight excluding hydrogens is 300 g/mol. The van der Waals surface area contributed by atoms with E-state index in [-0.39, 0.29) is 23.6 Å². The van der Waals surface area contributed by atoms with Crippen molar-refractivity contribution in [3.63, 3.8) is 0 Å². The Morgan fingerprint density at radius 3 is 2.42 bits per heavy atom. The van der Waals surface area contributed by atoms with E-state index in [1.807, 2.05) is 0 Å². The maximum Gasteiger partial charge on any atom is 0.302 e. The van der Waals surface area contributed by atoms with Crippen molar-refractivity contribution in [2.45, 2.75) is 90.8 Å². The lowest BCUT2D eigenvalue weighted by Gasteiger charge is -2.60. The van der Waals surface area contributed by atoms with Gasteiger partial charge in [0.2, 0.25) is 0 Å². The van der Waals surface area contributed by atoms with Gasteiger partial charge in [-0.05, 0) is 86.9 Å². The summed E-state index contributed by atoms with van der Waals surface area (Å²) in [6.45, 7) is 6.48. The highest BCUT2D eigenvalue weighted by atomic mass is 16.5. The Labute approximate surface area is 146 Å². The van der Waals surface area contributed by atoms with Gasteiger partial charge in [-0.25, -0.2) is 0 Å². The van der Waals surface area contributed by atoms with Crippen molar-refractivity contribution in [2.75, 3.05) is 0 Å². The Bertz CT molecular complexity index is 517. The van der Waals surface area contributed by atoms with Crippen LogP contribution in [0.3, 0.4) is 0 Å². The van der Waals surface area contributed by atoms with Crippen LogP contribution in [0.1, 0.15) is 78.6 Å². The van der Waals surface area contributed by atoms with Gasteiger partial charge in [0.05, 0.1) is 6.10 Å². The van der Waals surface area contributed by atoms with Crippen molar-refractivity contribution in [3.8, 4) is 0 Å². The number of aliphatic hydroxyl groups is 1. The van der Waals surface area contributed by atoms with Crippen molar-refractivity contribution in [1.82, 2.24) is 0 Å². The van der Waals surface area contributed by atoms with Gasteiger partial charge in [-0.3, -0.25) is 4.79 Å². The van der Waals surface area contributed by atoms with E-state index in [1.54, 1.807) is 6.92 Å². The molecule has 0 aliphatic heterocycles. The van der Waals surface area contributed by atoms with Crippen LogP contribution in [0.25, 0.3) is 0 Å². The summed E-state index contributed by atoms with van der Waals surface area (Å²) < 4.78 is 5.74. The number of ether oxygens (including phenoxy) is 1. The van der Waals surface area contributed by atoms with Gasteiger partial charge in [-0.15, -0.1) is 0 Å². The molecule has 4 aliphatic rings. The molecule has 3 heteroatoms. The molecule has 0 heterocycles. The van der Waals surface area contributed by atoms with Crippen LogP contribution in [0.2, 0.25) is 0 Å². The van der Waals surface area contributed by atoms with Gasteiger partial charge < -0.3 is 9.84 Å². The molecule has 4 aliphatic carbocycles. The molecule has 0 bridgehead atoms. The van der Waals surface area contributed by atoms with Gasteiger partial charge in [0, 0.05) is 12.3 Å². The van der Waals surface area contributed by atoms with E-state index in [0.29, 0.717) is 5.41 Å². The zero-order valence-corrected chi connectivity index (χ0v) is 15.6. The molecule has 0 spiro atoms. The van der Waals surface area contributed by atoms with Crippen LogP contribution in [0.4, 0.5) is 0 Å². The smallest absolute Gasteiger partial charge is 0.302 e. The SMILES string of the molecule is CC(=O)OC1CCC2C3CCC4CC(O)CCC4(C)C3CCC12C. The Morgan fingerprint density at radius 2 is 1.67 bits per heavy atom. The lowest BCUT2D eigenvalue weighted by Crippen LogP contribution is -2.54. The summed E-state index contributed by atoms with van der Waals surface area (Å²) in [6.07, 6.45) is 10.7. The van der Waals surface area contributed by atoms with Crippen LogP contribution in [0, 0.1) is 34.5 Å². The lowest BCUT2D eigenvalue weighted by atomic mass is 9.45. The van der Waals surface area contributed by atoms with E-state index >= 15 is 0 Å². The number of hydrogen-bond acceptors (Lipinski definition) is 3. The van der Waals surface area contributed by atoms with E-state index in [1.165, 1.54) is 38.5 Å². The van der Waals surface area contributed by atoms with Crippen LogP contribution in [-0.2, 0) is 9.53 Å². The molecule has 0 saturated heterocycles. The molecule has 0 aromatic rings. The van der Waals surface area contributed by atoms with Crippen LogP contribution in [-0.4, -0.2) is 23.3 Å². The predicted octanol–water partition coefficient (Wildman–Crippen LogP) is 4.32. The summed E-state index contributed by atoms with van der Waals surface area (Å²) in [4.78, 5) is 11.5. The minimum atomic E-state index is -0.110. The summed E-state index contributed by atoms with van der Waals surface area (Å²) in [5.74, 6) is 2.96. The number of rotatable bonds is 1. The van der Waals surface area contributed by atoms with E-state index in [4.69, 9.17) is 4.74 Å². The molecule has 24 heavy (non-hydrogen) atoms. The second-order valence-corrected chi connectivity index (χ2v) is 9.81. The Hall–Kier alpha value is -0.570. The maximum atomic E-state index is 11.5. The fourth-order valence-corrected chi connectivity index (χ4v) is 7.58. The predicted molar refractivity (Wildman–Crippen MR) is 93.3 cm³/mol. The fraction of sp³-hybridized carbons (Fsp3) is 0.952. The molecule has 136 valence electrons. The molecular formula is C21H34O3. The van der Waals surface area contributed by atoms with Crippen molar-refractivity contribution < 1.29 is 14.6 Å². The fourth-order valence-electron chi connectivity index (χ4n) is 7.58. The lowest BCUT2D eigenvalue weighted by molar-refractivity contribution is -0.163. The Balaban J connectivity index is 1.57. The minimum Gasteiger partial charge on any atom is -0.462 e. The van der Waals surface area contributed by atoms with E-state index in [0.717, 1.165) is 42.9 Å². The van der Waals surface area contributed by atoms with Crippen molar-refractivity contribution >= 4 is 5.97 Å². The first-order chi connectivity index (χ1) is 11.3. The minimum absolute atomic E-state index is 0.0618. The maximum absolute atomic E-state index is 11.5. The highest BCUT2D eigenvalue weighted by Crippen LogP contribution is 2.66. The molecule has 0 amide bonds. The highest BCUT2D eigenvalue weighted by molar-refractivity contribution is 5.66.